The Balaban J connectivity index is 1.71. The second kappa shape index (κ2) is 7.57. The lowest BCUT2D eigenvalue weighted by Crippen LogP contribution is -2.30. The Morgan fingerprint density at radius 1 is 1.17 bits per heavy atom. The Bertz CT molecular complexity index is 837. The molecule has 2 heterocycles. The Labute approximate surface area is 145 Å². The van der Waals surface area contributed by atoms with E-state index < -0.39 is 10.0 Å². The van der Waals surface area contributed by atoms with Gasteiger partial charge in [0.2, 0.25) is 10.0 Å². The molecule has 0 spiro atoms. The highest BCUT2D eigenvalue weighted by Crippen LogP contribution is 2.22. The van der Waals surface area contributed by atoms with Crippen molar-refractivity contribution in [3.63, 3.8) is 0 Å². The second-order valence-corrected chi connectivity index (χ2v) is 7.75. The maximum Gasteiger partial charge on any atom is 0.233 e. The van der Waals surface area contributed by atoms with Crippen LogP contribution in [-0.2, 0) is 10.0 Å². The van der Waals surface area contributed by atoms with Crippen molar-refractivity contribution in [3.05, 3.63) is 82.2 Å². The van der Waals surface area contributed by atoms with Crippen LogP contribution < -0.4 is 4.72 Å². The van der Waals surface area contributed by atoms with Crippen LogP contribution >= 0.6 is 11.3 Å². The zero-order valence-corrected chi connectivity index (χ0v) is 14.5. The Kier molecular flexibility index (Phi) is 5.24. The van der Waals surface area contributed by atoms with Crippen LogP contribution in [0.4, 0.5) is 0 Å². The highest BCUT2D eigenvalue weighted by molar-refractivity contribution is 7.92. The third-order valence-corrected chi connectivity index (χ3v) is 5.47. The number of aromatic nitrogens is 2. The minimum atomic E-state index is -3.52. The number of hydrogen-bond acceptors (Lipinski definition) is 4. The van der Waals surface area contributed by atoms with E-state index in [1.54, 1.807) is 28.3 Å². The van der Waals surface area contributed by atoms with Gasteiger partial charge >= 0.3 is 0 Å². The van der Waals surface area contributed by atoms with Crippen molar-refractivity contribution in [3.8, 4) is 0 Å². The Morgan fingerprint density at radius 2 is 2.00 bits per heavy atom. The number of nitrogens with zero attached hydrogens (tertiary/aromatic N) is 2. The maximum atomic E-state index is 12.2. The van der Waals surface area contributed by atoms with E-state index in [0.717, 1.165) is 10.4 Å². The number of hydrogen-bond donors (Lipinski definition) is 1. The minimum absolute atomic E-state index is 0.167. The largest absolute Gasteiger partial charge is 0.263 e. The summed E-state index contributed by atoms with van der Waals surface area (Å²) < 4.78 is 28.8. The summed E-state index contributed by atoms with van der Waals surface area (Å²) in [5, 5.41) is 7.40. The van der Waals surface area contributed by atoms with E-state index in [1.165, 1.54) is 5.41 Å². The first-order valence-electron chi connectivity index (χ1n) is 7.39. The molecule has 2 aromatic heterocycles. The molecule has 124 valence electrons. The lowest BCUT2D eigenvalue weighted by Gasteiger charge is -2.16. The van der Waals surface area contributed by atoms with Crippen LogP contribution in [0.3, 0.4) is 0 Å². The van der Waals surface area contributed by atoms with Crippen molar-refractivity contribution in [2.45, 2.75) is 6.04 Å². The molecular weight excluding hydrogens is 342 g/mol. The van der Waals surface area contributed by atoms with E-state index in [2.05, 4.69) is 9.82 Å². The van der Waals surface area contributed by atoms with Crippen molar-refractivity contribution in [1.82, 2.24) is 14.5 Å². The van der Waals surface area contributed by atoms with Crippen LogP contribution in [0, 0.1) is 0 Å². The van der Waals surface area contributed by atoms with Gasteiger partial charge in [0, 0.05) is 29.2 Å². The lowest BCUT2D eigenvalue weighted by atomic mass is 10.2. The lowest BCUT2D eigenvalue weighted by molar-refractivity contribution is 0.514. The van der Waals surface area contributed by atoms with Gasteiger partial charge in [-0.1, -0.05) is 36.4 Å². The maximum absolute atomic E-state index is 12.2. The van der Waals surface area contributed by atoms with Crippen molar-refractivity contribution >= 4 is 27.4 Å². The predicted octanol–water partition coefficient (Wildman–Crippen LogP) is 3.12. The number of nitrogens with one attached hydrogen (secondary N) is 1. The average molecular weight is 359 g/mol. The molecule has 0 saturated heterocycles. The van der Waals surface area contributed by atoms with Crippen molar-refractivity contribution < 1.29 is 8.42 Å². The van der Waals surface area contributed by atoms with Crippen LogP contribution in [-0.4, -0.2) is 24.7 Å². The molecule has 0 radical (unpaired) electrons. The predicted molar refractivity (Wildman–Crippen MR) is 97.1 cm³/mol. The van der Waals surface area contributed by atoms with Gasteiger partial charge in [-0.25, -0.2) is 13.1 Å². The van der Waals surface area contributed by atoms with Crippen molar-refractivity contribution in [2.75, 3.05) is 6.54 Å². The van der Waals surface area contributed by atoms with Crippen LogP contribution in [0.5, 0.6) is 0 Å². The van der Waals surface area contributed by atoms with E-state index >= 15 is 0 Å². The SMILES string of the molecule is O=S(=O)(/C=C/c1ccccc1)NC[C@@H](c1cccs1)n1cccn1. The average Bonchev–Trinajstić information content (AvgIpc) is 3.28. The van der Waals surface area contributed by atoms with Gasteiger partial charge in [0.05, 0.1) is 6.04 Å². The van der Waals surface area contributed by atoms with Crippen LogP contribution in [0.1, 0.15) is 16.5 Å². The number of benzene rings is 1. The summed E-state index contributed by atoms with van der Waals surface area (Å²) in [6.45, 7) is 0.240. The fraction of sp³-hybridized carbons (Fsp3) is 0.118. The number of rotatable bonds is 7. The standard InChI is InChI=1S/C17H17N3O2S2/c21-24(22,13-9-15-6-2-1-3-7-15)19-14-16(17-8-4-12-23-17)20-11-5-10-18-20/h1-13,16,19H,14H2/b13-9+/t16-/m0/s1. The van der Waals surface area contributed by atoms with Gasteiger partial charge in [-0.3, -0.25) is 4.68 Å². The molecule has 0 amide bonds. The molecule has 0 aliphatic rings. The molecule has 0 unspecified atom stereocenters. The molecule has 3 aromatic rings. The van der Waals surface area contributed by atoms with Crippen molar-refractivity contribution in [1.29, 1.82) is 0 Å². The van der Waals surface area contributed by atoms with E-state index in [9.17, 15) is 8.42 Å². The molecule has 1 N–H and O–H groups in total. The first-order chi connectivity index (χ1) is 11.6. The molecular formula is C17H17N3O2S2. The van der Waals surface area contributed by atoms with Crippen LogP contribution in [0.25, 0.3) is 6.08 Å². The molecule has 0 bridgehead atoms. The normalized spacial score (nSPS) is 13.3. The summed E-state index contributed by atoms with van der Waals surface area (Å²) in [5.74, 6) is 0. The molecule has 1 aromatic carbocycles. The fourth-order valence-corrected chi connectivity index (χ4v) is 3.89. The quantitative estimate of drug-likeness (QED) is 0.705. The first-order valence-corrected chi connectivity index (χ1v) is 9.82. The monoisotopic (exact) mass is 359 g/mol. The van der Waals surface area contributed by atoms with Gasteiger partial charge in [-0.05, 0) is 29.2 Å². The third-order valence-electron chi connectivity index (χ3n) is 3.43. The zero-order chi connectivity index (χ0) is 16.8. The topological polar surface area (TPSA) is 64.0 Å². The molecule has 0 fully saturated rings. The van der Waals surface area contributed by atoms with E-state index in [-0.39, 0.29) is 12.6 Å². The Hall–Kier alpha value is -2.22. The summed E-state index contributed by atoms with van der Waals surface area (Å²) in [6.07, 6.45) is 5.10. The van der Waals surface area contributed by atoms with Gasteiger partial charge in [-0.15, -0.1) is 11.3 Å². The summed E-state index contributed by atoms with van der Waals surface area (Å²) in [5.41, 5.74) is 0.838. The van der Waals surface area contributed by atoms with E-state index in [0.29, 0.717) is 0 Å². The molecule has 0 aliphatic carbocycles. The minimum Gasteiger partial charge on any atom is -0.263 e. The van der Waals surface area contributed by atoms with Gasteiger partial charge < -0.3 is 0 Å². The van der Waals surface area contributed by atoms with Crippen LogP contribution in [0.2, 0.25) is 0 Å². The molecule has 1 atom stereocenters. The number of thiophene rings is 1. The van der Waals surface area contributed by atoms with Gasteiger partial charge in [0.1, 0.15) is 0 Å². The smallest absolute Gasteiger partial charge is 0.233 e. The highest BCUT2D eigenvalue weighted by Gasteiger charge is 2.17. The summed E-state index contributed by atoms with van der Waals surface area (Å²) >= 11 is 1.58. The van der Waals surface area contributed by atoms with Gasteiger partial charge in [-0.2, -0.15) is 5.10 Å². The Morgan fingerprint density at radius 3 is 2.67 bits per heavy atom. The third kappa shape index (κ3) is 4.41. The summed E-state index contributed by atoms with van der Waals surface area (Å²) in [4.78, 5) is 1.05. The van der Waals surface area contributed by atoms with E-state index in [4.69, 9.17) is 0 Å². The molecule has 3 rings (SSSR count). The molecule has 24 heavy (non-hydrogen) atoms. The van der Waals surface area contributed by atoms with Gasteiger partial charge in [0.25, 0.3) is 0 Å². The molecule has 0 aliphatic heterocycles. The molecule has 5 nitrogen and oxygen atoms in total. The first kappa shape index (κ1) is 16.6. The zero-order valence-electron chi connectivity index (χ0n) is 12.8. The summed E-state index contributed by atoms with van der Waals surface area (Å²) in [7, 11) is -3.52. The number of sulfonamides is 1. The molecule has 7 heteroatoms. The highest BCUT2D eigenvalue weighted by atomic mass is 32.2. The summed E-state index contributed by atoms with van der Waals surface area (Å²) in [6, 6.07) is 14.9. The van der Waals surface area contributed by atoms with Crippen LogP contribution in [0.15, 0.2) is 71.7 Å². The van der Waals surface area contributed by atoms with Gasteiger partial charge in [0.15, 0.2) is 0 Å². The fourth-order valence-electron chi connectivity index (χ4n) is 2.25. The van der Waals surface area contributed by atoms with E-state index in [1.807, 2.05) is 60.1 Å². The molecule has 0 saturated carbocycles. The van der Waals surface area contributed by atoms with Crippen molar-refractivity contribution in [2.24, 2.45) is 0 Å². The second-order valence-electron chi connectivity index (χ2n) is 5.12.